The zero-order chi connectivity index (χ0) is 21.7. The monoisotopic (exact) mass is 412 g/mol. The molecule has 0 saturated carbocycles. The molecule has 0 saturated heterocycles. The second-order valence-electron chi connectivity index (χ2n) is 5.55. The maximum atomic E-state index is 11.5. The van der Waals surface area contributed by atoms with Gasteiger partial charge in [-0.2, -0.15) is 0 Å². The number of hydrogen-bond acceptors (Lipinski definition) is 10. The van der Waals surface area contributed by atoms with Gasteiger partial charge in [-0.3, -0.25) is 30.0 Å². The average Bonchev–Trinajstić information content (AvgIpc) is 2.74. The summed E-state index contributed by atoms with van der Waals surface area (Å²) in [6, 6.07) is 6.40. The van der Waals surface area contributed by atoms with Gasteiger partial charge < -0.3 is 14.2 Å². The van der Waals surface area contributed by atoms with Gasteiger partial charge in [0.05, 0.1) is 23.2 Å². The number of rotatable bonds is 8. The third kappa shape index (κ3) is 4.11. The van der Waals surface area contributed by atoms with Crippen LogP contribution in [0.25, 0.3) is 0 Å². The van der Waals surface area contributed by atoms with Crippen LogP contribution in [0.5, 0.6) is 28.9 Å². The van der Waals surface area contributed by atoms with Gasteiger partial charge in [-0.15, -0.1) is 0 Å². The lowest BCUT2D eigenvalue weighted by Gasteiger charge is -2.13. The molecule has 0 aliphatic carbocycles. The van der Waals surface area contributed by atoms with Gasteiger partial charge in [-0.1, -0.05) is 0 Å². The quantitative estimate of drug-likeness (QED) is 0.303. The first kappa shape index (κ1) is 20.1. The zero-order valence-corrected chi connectivity index (χ0v) is 15.3. The van der Waals surface area contributed by atoms with Gasteiger partial charge in [0.25, 0.3) is 11.6 Å². The topological polar surface area (TPSA) is 157 Å². The maximum absolute atomic E-state index is 11.5. The highest BCUT2D eigenvalue weighted by atomic mass is 16.6. The van der Waals surface area contributed by atoms with Gasteiger partial charge in [0.15, 0.2) is 11.5 Å². The minimum Gasteiger partial charge on any atom is -0.493 e. The van der Waals surface area contributed by atoms with E-state index in [1.165, 1.54) is 31.5 Å². The number of hydrogen-bond donors (Lipinski definition) is 0. The van der Waals surface area contributed by atoms with Crippen LogP contribution in [-0.4, -0.2) is 33.2 Å². The highest BCUT2D eigenvalue weighted by Crippen LogP contribution is 2.43. The Bertz CT molecular complexity index is 1130. The zero-order valence-electron chi connectivity index (χ0n) is 15.3. The van der Waals surface area contributed by atoms with E-state index in [9.17, 15) is 25.0 Å². The van der Waals surface area contributed by atoms with Gasteiger partial charge in [0, 0.05) is 30.1 Å². The molecule has 3 rings (SSSR count). The highest BCUT2D eigenvalue weighted by molar-refractivity contribution is 5.76. The van der Waals surface area contributed by atoms with Crippen LogP contribution in [0.1, 0.15) is 10.4 Å². The third-order valence-corrected chi connectivity index (χ3v) is 3.75. The molecule has 1 aromatic carbocycles. The molecule has 2 aromatic heterocycles. The standard InChI is InChI=1S/C18H12N4O8/c1-28-14-3-2-11(10-23)8-15(14)30-18-17(13(22(26)27)5-7-20-18)29-16-9-19-6-4-12(16)21(24)25/h2-10H,1H3. The Kier molecular flexibility index (Phi) is 5.77. The number of nitrogens with zero attached hydrogens (tertiary/aromatic N) is 4. The van der Waals surface area contributed by atoms with Gasteiger partial charge in [0.1, 0.15) is 6.29 Å². The molecule has 0 bridgehead atoms. The second-order valence-corrected chi connectivity index (χ2v) is 5.55. The van der Waals surface area contributed by atoms with Crippen molar-refractivity contribution in [3.8, 4) is 28.9 Å². The van der Waals surface area contributed by atoms with Crippen LogP contribution in [0.2, 0.25) is 0 Å². The van der Waals surface area contributed by atoms with Crippen molar-refractivity contribution in [1.29, 1.82) is 0 Å². The number of nitro groups is 2. The summed E-state index contributed by atoms with van der Waals surface area (Å²) in [6.45, 7) is 0. The van der Waals surface area contributed by atoms with E-state index in [2.05, 4.69) is 9.97 Å². The summed E-state index contributed by atoms with van der Waals surface area (Å²) in [5.41, 5.74) is -0.764. The number of benzene rings is 1. The molecule has 12 nitrogen and oxygen atoms in total. The van der Waals surface area contributed by atoms with Gasteiger partial charge in [-0.05, 0) is 18.2 Å². The average molecular weight is 412 g/mol. The van der Waals surface area contributed by atoms with Crippen molar-refractivity contribution >= 4 is 17.7 Å². The summed E-state index contributed by atoms with van der Waals surface area (Å²) in [6.07, 6.45) is 3.89. The molecule has 0 aliphatic heterocycles. The molecular formula is C18H12N4O8. The van der Waals surface area contributed by atoms with Crippen molar-refractivity contribution in [3.63, 3.8) is 0 Å². The highest BCUT2D eigenvalue weighted by Gasteiger charge is 2.27. The number of carbonyl (C=O) groups is 1. The first-order valence-electron chi connectivity index (χ1n) is 8.15. The number of methoxy groups -OCH3 is 1. The third-order valence-electron chi connectivity index (χ3n) is 3.75. The minimum absolute atomic E-state index is 0.0284. The van der Waals surface area contributed by atoms with E-state index in [0.717, 1.165) is 24.5 Å². The van der Waals surface area contributed by atoms with Crippen molar-refractivity contribution in [2.75, 3.05) is 7.11 Å². The molecule has 152 valence electrons. The van der Waals surface area contributed by atoms with E-state index < -0.39 is 27.0 Å². The normalized spacial score (nSPS) is 10.2. The lowest BCUT2D eigenvalue weighted by atomic mass is 10.2. The molecule has 2 heterocycles. The van der Waals surface area contributed by atoms with Crippen molar-refractivity contribution < 1.29 is 28.9 Å². The first-order valence-corrected chi connectivity index (χ1v) is 8.15. The number of aldehydes is 1. The van der Waals surface area contributed by atoms with E-state index in [0.29, 0.717) is 6.29 Å². The molecule has 0 unspecified atom stereocenters. The van der Waals surface area contributed by atoms with Crippen LogP contribution in [0.3, 0.4) is 0 Å². The summed E-state index contributed by atoms with van der Waals surface area (Å²) < 4.78 is 16.2. The van der Waals surface area contributed by atoms with Crippen molar-refractivity contribution in [3.05, 3.63) is 74.7 Å². The number of carbonyl (C=O) groups excluding carboxylic acids is 1. The Morgan fingerprint density at radius 3 is 2.33 bits per heavy atom. The summed E-state index contributed by atoms with van der Waals surface area (Å²) in [4.78, 5) is 40.0. The predicted molar refractivity (Wildman–Crippen MR) is 100 cm³/mol. The van der Waals surface area contributed by atoms with Crippen molar-refractivity contribution in [1.82, 2.24) is 9.97 Å². The second kappa shape index (κ2) is 8.60. The predicted octanol–water partition coefficient (Wildman–Crippen LogP) is 3.70. The van der Waals surface area contributed by atoms with Gasteiger partial charge in [-0.25, -0.2) is 4.98 Å². The molecule has 30 heavy (non-hydrogen) atoms. The summed E-state index contributed by atoms with van der Waals surface area (Å²) in [5, 5.41) is 22.7. The van der Waals surface area contributed by atoms with Crippen LogP contribution in [0.4, 0.5) is 11.4 Å². The van der Waals surface area contributed by atoms with E-state index in [4.69, 9.17) is 14.2 Å². The summed E-state index contributed by atoms with van der Waals surface area (Å²) in [5.74, 6) is -0.967. The fourth-order valence-electron chi connectivity index (χ4n) is 2.39. The fourth-order valence-corrected chi connectivity index (χ4v) is 2.39. The molecular weight excluding hydrogens is 400 g/mol. The van der Waals surface area contributed by atoms with Crippen molar-refractivity contribution in [2.24, 2.45) is 0 Å². The Balaban J connectivity index is 2.12. The van der Waals surface area contributed by atoms with E-state index >= 15 is 0 Å². The van der Waals surface area contributed by atoms with Crippen LogP contribution in [0.15, 0.2) is 48.9 Å². The lowest BCUT2D eigenvalue weighted by molar-refractivity contribution is -0.387. The van der Waals surface area contributed by atoms with Crippen LogP contribution in [0, 0.1) is 20.2 Å². The molecule has 0 radical (unpaired) electrons. The van der Waals surface area contributed by atoms with E-state index in [1.807, 2.05) is 0 Å². The Morgan fingerprint density at radius 1 is 0.933 bits per heavy atom. The molecule has 0 amide bonds. The Hall–Kier alpha value is -4.61. The van der Waals surface area contributed by atoms with E-state index in [-0.39, 0.29) is 28.7 Å². The summed E-state index contributed by atoms with van der Waals surface area (Å²) >= 11 is 0. The fraction of sp³-hybridized carbons (Fsp3) is 0.0556. The lowest BCUT2D eigenvalue weighted by Crippen LogP contribution is -2.01. The van der Waals surface area contributed by atoms with Crippen LogP contribution in [-0.2, 0) is 0 Å². The maximum Gasteiger partial charge on any atom is 0.318 e. The smallest absolute Gasteiger partial charge is 0.318 e. The molecule has 0 fully saturated rings. The first-order chi connectivity index (χ1) is 14.4. The molecule has 12 heteroatoms. The molecule has 0 aliphatic rings. The largest absolute Gasteiger partial charge is 0.493 e. The number of pyridine rings is 2. The molecule has 3 aromatic rings. The molecule has 0 N–H and O–H groups in total. The number of aromatic nitrogens is 2. The van der Waals surface area contributed by atoms with Crippen LogP contribution < -0.4 is 14.2 Å². The summed E-state index contributed by atoms with van der Waals surface area (Å²) in [7, 11) is 1.36. The minimum atomic E-state index is -0.759. The van der Waals surface area contributed by atoms with Gasteiger partial charge in [0.2, 0.25) is 5.75 Å². The van der Waals surface area contributed by atoms with Gasteiger partial charge >= 0.3 is 11.4 Å². The number of ether oxygens (including phenoxy) is 3. The molecule has 0 atom stereocenters. The Labute approximate surface area is 168 Å². The molecule has 0 spiro atoms. The van der Waals surface area contributed by atoms with Crippen molar-refractivity contribution in [2.45, 2.75) is 0 Å². The van der Waals surface area contributed by atoms with E-state index in [1.54, 1.807) is 0 Å². The van der Waals surface area contributed by atoms with Crippen LogP contribution >= 0.6 is 0 Å². The SMILES string of the molecule is COc1ccc(C=O)cc1Oc1nccc([N+](=O)[O-])c1Oc1cnccc1[N+](=O)[O-]. The Morgan fingerprint density at radius 2 is 1.67 bits per heavy atom.